The van der Waals surface area contributed by atoms with E-state index in [1.54, 1.807) is 7.11 Å². The van der Waals surface area contributed by atoms with Crippen LogP contribution in [0, 0.1) is 5.41 Å². The predicted octanol–water partition coefficient (Wildman–Crippen LogP) is 2.31. The van der Waals surface area contributed by atoms with Gasteiger partial charge in [-0.05, 0) is 32.1 Å². The molecule has 2 nitrogen and oxygen atoms in total. The third-order valence-electron chi connectivity index (χ3n) is 3.80. The Balaban J connectivity index is 2.07. The second-order valence-electron chi connectivity index (χ2n) is 4.51. The van der Waals surface area contributed by atoms with E-state index in [0.29, 0.717) is 11.9 Å². The largest absolute Gasteiger partial charge is 0.381 e. The number of hydrogen-bond donors (Lipinski definition) is 0. The minimum Gasteiger partial charge on any atom is -0.381 e. The molecule has 0 amide bonds. The monoisotopic (exact) mass is 182 g/mol. The van der Waals surface area contributed by atoms with Crippen LogP contribution < -0.4 is 0 Å². The second kappa shape index (κ2) is 3.41. The van der Waals surface area contributed by atoms with E-state index in [4.69, 9.17) is 4.74 Å². The van der Waals surface area contributed by atoms with Gasteiger partial charge in [-0.2, -0.15) is 0 Å². The van der Waals surface area contributed by atoms with Gasteiger partial charge in [-0.25, -0.2) is 0 Å². The van der Waals surface area contributed by atoms with E-state index in [-0.39, 0.29) is 5.41 Å². The van der Waals surface area contributed by atoms with Crippen LogP contribution in [0.4, 0.5) is 0 Å². The minimum absolute atomic E-state index is 0.0406. The van der Waals surface area contributed by atoms with Gasteiger partial charge in [0.2, 0.25) is 0 Å². The zero-order valence-corrected chi connectivity index (χ0v) is 8.34. The van der Waals surface area contributed by atoms with E-state index in [2.05, 4.69) is 0 Å². The molecular weight excluding hydrogens is 164 g/mol. The Kier molecular flexibility index (Phi) is 2.41. The van der Waals surface area contributed by atoms with Crippen molar-refractivity contribution in [3.63, 3.8) is 0 Å². The molecule has 2 heteroatoms. The van der Waals surface area contributed by atoms with Crippen LogP contribution in [-0.2, 0) is 9.53 Å². The SMILES string of the molecule is CO[C@H]1CC[C@@]2(CCCCC2=O)C1. The molecule has 2 aliphatic carbocycles. The van der Waals surface area contributed by atoms with Crippen molar-refractivity contribution >= 4 is 5.78 Å². The number of methoxy groups -OCH3 is 1. The first-order valence-electron chi connectivity index (χ1n) is 5.33. The molecular formula is C11H18O2. The van der Waals surface area contributed by atoms with Gasteiger partial charge in [0, 0.05) is 18.9 Å². The lowest BCUT2D eigenvalue weighted by atomic mass is 9.72. The number of carbonyl (C=O) groups is 1. The van der Waals surface area contributed by atoms with E-state index in [0.717, 1.165) is 38.5 Å². The van der Waals surface area contributed by atoms with E-state index in [1.165, 1.54) is 6.42 Å². The first-order chi connectivity index (χ1) is 6.27. The summed E-state index contributed by atoms with van der Waals surface area (Å²) < 4.78 is 5.33. The molecule has 2 saturated carbocycles. The van der Waals surface area contributed by atoms with Crippen LogP contribution in [0.3, 0.4) is 0 Å². The fourth-order valence-corrected chi connectivity index (χ4v) is 2.91. The smallest absolute Gasteiger partial charge is 0.139 e. The first kappa shape index (κ1) is 9.20. The molecule has 0 N–H and O–H groups in total. The molecule has 0 bridgehead atoms. The predicted molar refractivity (Wildman–Crippen MR) is 50.6 cm³/mol. The van der Waals surface area contributed by atoms with Gasteiger partial charge in [0.05, 0.1) is 6.10 Å². The summed E-state index contributed by atoms with van der Waals surface area (Å²) in [7, 11) is 1.76. The van der Waals surface area contributed by atoms with Crippen LogP contribution >= 0.6 is 0 Å². The maximum absolute atomic E-state index is 11.8. The zero-order chi connectivity index (χ0) is 9.31. The third-order valence-corrected chi connectivity index (χ3v) is 3.80. The summed E-state index contributed by atoms with van der Waals surface area (Å²) in [5, 5.41) is 0. The summed E-state index contributed by atoms with van der Waals surface area (Å²) in [6.07, 6.45) is 7.78. The standard InChI is InChI=1S/C11H18O2/c1-13-9-5-7-11(8-9)6-3-2-4-10(11)12/h9H,2-8H2,1H3/t9-,11-/m0/s1. The summed E-state index contributed by atoms with van der Waals surface area (Å²) in [4.78, 5) is 11.8. The van der Waals surface area contributed by atoms with Gasteiger partial charge >= 0.3 is 0 Å². The molecule has 0 saturated heterocycles. The van der Waals surface area contributed by atoms with Gasteiger partial charge in [-0.1, -0.05) is 6.42 Å². The molecule has 0 radical (unpaired) electrons. The fraction of sp³-hybridized carbons (Fsp3) is 0.909. The molecule has 0 aromatic rings. The highest BCUT2D eigenvalue weighted by atomic mass is 16.5. The summed E-state index contributed by atoms with van der Waals surface area (Å²) in [5.41, 5.74) is 0.0406. The third kappa shape index (κ3) is 1.52. The highest BCUT2D eigenvalue weighted by Gasteiger charge is 2.45. The maximum Gasteiger partial charge on any atom is 0.139 e. The Hall–Kier alpha value is -0.370. The first-order valence-corrected chi connectivity index (χ1v) is 5.33. The van der Waals surface area contributed by atoms with Crippen molar-refractivity contribution in [1.82, 2.24) is 0 Å². The summed E-state index contributed by atoms with van der Waals surface area (Å²) in [6.45, 7) is 0. The molecule has 2 aliphatic rings. The molecule has 2 atom stereocenters. The van der Waals surface area contributed by atoms with Crippen molar-refractivity contribution in [2.75, 3.05) is 7.11 Å². The molecule has 2 fully saturated rings. The fourth-order valence-electron chi connectivity index (χ4n) is 2.91. The number of ether oxygens (including phenoxy) is 1. The Labute approximate surface area is 79.7 Å². The number of carbonyl (C=O) groups excluding carboxylic acids is 1. The lowest BCUT2D eigenvalue weighted by molar-refractivity contribution is -0.131. The van der Waals surface area contributed by atoms with Gasteiger partial charge in [0.1, 0.15) is 5.78 Å². The molecule has 0 unspecified atom stereocenters. The number of Topliss-reactive ketones (excluding diaryl/α,β-unsaturated/α-hetero) is 1. The molecule has 0 aromatic heterocycles. The van der Waals surface area contributed by atoms with Crippen LogP contribution in [0.1, 0.15) is 44.9 Å². The lowest BCUT2D eigenvalue weighted by Gasteiger charge is -2.31. The van der Waals surface area contributed by atoms with Crippen molar-refractivity contribution < 1.29 is 9.53 Å². The van der Waals surface area contributed by atoms with Gasteiger partial charge in [-0.3, -0.25) is 4.79 Å². The van der Waals surface area contributed by atoms with E-state index >= 15 is 0 Å². The van der Waals surface area contributed by atoms with Gasteiger partial charge in [0.25, 0.3) is 0 Å². The summed E-state index contributed by atoms with van der Waals surface area (Å²) >= 11 is 0. The number of ketones is 1. The molecule has 0 heterocycles. The normalized spacial score (nSPS) is 40.1. The maximum atomic E-state index is 11.8. The Morgan fingerprint density at radius 3 is 2.85 bits per heavy atom. The van der Waals surface area contributed by atoms with E-state index in [1.807, 2.05) is 0 Å². The van der Waals surface area contributed by atoms with E-state index in [9.17, 15) is 4.79 Å². The van der Waals surface area contributed by atoms with Crippen LogP contribution in [0.5, 0.6) is 0 Å². The molecule has 74 valence electrons. The van der Waals surface area contributed by atoms with Crippen LogP contribution in [0.25, 0.3) is 0 Å². The van der Waals surface area contributed by atoms with Gasteiger partial charge in [0.15, 0.2) is 0 Å². The highest BCUT2D eigenvalue weighted by Crippen LogP contribution is 2.47. The zero-order valence-electron chi connectivity index (χ0n) is 8.34. The van der Waals surface area contributed by atoms with Crippen molar-refractivity contribution in [2.45, 2.75) is 51.0 Å². The van der Waals surface area contributed by atoms with Crippen molar-refractivity contribution in [3.05, 3.63) is 0 Å². The van der Waals surface area contributed by atoms with Crippen LogP contribution in [0.15, 0.2) is 0 Å². The van der Waals surface area contributed by atoms with Crippen molar-refractivity contribution in [3.8, 4) is 0 Å². The number of rotatable bonds is 1. The highest BCUT2D eigenvalue weighted by molar-refractivity contribution is 5.85. The Bertz CT molecular complexity index is 212. The van der Waals surface area contributed by atoms with Crippen molar-refractivity contribution in [2.24, 2.45) is 5.41 Å². The summed E-state index contributed by atoms with van der Waals surface area (Å²) in [6, 6.07) is 0. The van der Waals surface area contributed by atoms with Crippen LogP contribution in [-0.4, -0.2) is 19.0 Å². The molecule has 0 aromatic carbocycles. The average molecular weight is 182 g/mol. The quantitative estimate of drug-likeness (QED) is 0.622. The van der Waals surface area contributed by atoms with Gasteiger partial charge < -0.3 is 4.74 Å². The summed E-state index contributed by atoms with van der Waals surface area (Å²) in [5.74, 6) is 0.512. The molecule has 1 spiro atoms. The number of hydrogen-bond acceptors (Lipinski definition) is 2. The molecule has 2 rings (SSSR count). The second-order valence-corrected chi connectivity index (χ2v) is 4.51. The lowest BCUT2D eigenvalue weighted by Crippen LogP contribution is -2.32. The van der Waals surface area contributed by atoms with Crippen LogP contribution in [0.2, 0.25) is 0 Å². The average Bonchev–Trinajstić information content (AvgIpc) is 2.56. The van der Waals surface area contributed by atoms with E-state index < -0.39 is 0 Å². The topological polar surface area (TPSA) is 26.3 Å². The minimum atomic E-state index is 0.0406. The molecule has 13 heavy (non-hydrogen) atoms. The van der Waals surface area contributed by atoms with Gasteiger partial charge in [-0.15, -0.1) is 0 Å². The van der Waals surface area contributed by atoms with Crippen molar-refractivity contribution in [1.29, 1.82) is 0 Å². The Morgan fingerprint density at radius 1 is 1.38 bits per heavy atom. The Morgan fingerprint density at radius 2 is 2.23 bits per heavy atom. The molecule has 0 aliphatic heterocycles.